The van der Waals surface area contributed by atoms with Crippen LogP contribution >= 0.6 is 0 Å². The molecular formula is C74H127NO8. The maximum absolute atomic E-state index is 12.9. The SMILES string of the molecule is CC/C=C\C/C=C\C/C=C\C/C=C\C/C=C\C/C=C\C/C=C\CCCCCCCCCCCCCCCC(=O)OC(COC(=O)CCCCCCCCCCCCC/C=C\C/C=C\CCCCCCC)COC(OCC[N+](C)(C)C)C(=O)[O-]. The zero-order chi connectivity index (χ0) is 60.5. The number of likely N-dealkylation sites (N-methyl/N-ethyl adjacent to an activating group) is 1. The first-order valence-corrected chi connectivity index (χ1v) is 34.0. The number of carboxylic acids is 1. The topological polar surface area (TPSA) is 111 Å². The number of ether oxygens (including phenoxy) is 4. The Kier molecular flexibility index (Phi) is 60.8. The number of unbranched alkanes of at least 4 members (excludes halogenated alkanes) is 29. The molecule has 0 spiro atoms. The van der Waals surface area contributed by atoms with E-state index in [1.54, 1.807) is 0 Å². The van der Waals surface area contributed by atoms with Gasteiger partial charge in [-0.25, -0.2) is 0 Å². The van der Waals surface area contributed by atoms with Crippen molar-refractivity contribution in [3.63, 3.8) is 0 Å². The predicted octanol–water partition coefficient (Wildman–Crippen LogP) is 19.7. The number of nitrogens with zero attached hydrogens (tertiary/aromatic N) is 1. The van der Waals surface area contributed by atoms with Crippen molar-refractivity contribution in [3.05, 3.63) is 109 Å². The molecule has 0 amide bonds. The lowest BCUT2D eigenvalue weighted by atomic mass is 10.0. The molecule has 0 rings (SSSR count). The molecular weight excluding hydrogens is 1030 g/mol. The zero-order valence-corrected chi connectivity index (χ0v) is 54.3. The highest BCUT2D eigenvalue weighted by molar-refractivity contribution is 5.70. The van der Waals surface area contributed by atoms with E-state index in [1.165, 1.54) is 161 Å². The van der Waals surface area contributed by atoms with Crippen LogP contribution in [-0.2, 0) is 33.3 Å². The predicted molar refractivity (Wildman–Crippen MR) is 352 cm³/mol. The second-order valence-corrected chi connectivity index (χ2v) is 23.7. The molecule has 476 valence electrons. The summed E-state index contributed by atoms with van der Waals surface area (Å²) in [5.41, 5.74) is 0. The van der Waals surface area contributed by atoms with Gasteiger partial charge in [-0.15, -0.1) is 0 Å². The van der Waals surface area contributed by atoms with Gasteiger partial charge in [-0.2, -0.15) is 0 Å². The van der Waals surface area contributed by atoms with Gasteiger partial charge in [0.1, 0.15) is 13.2 Å². The Morgan fingerprint density at radius 3 is 1.02 bits per heavy atom. The van der Waals surface area contributed by atoms with Crippen molar-refractivity contribution < 1.29 is 42.9 Å². The Morgan fingerprint density at radius 2 is 0.687 bits per heavy atom. The molecule has 0 saturated heterocycles. The first-order chi connectivity index (χ1) is 40.6. The van der Waals surface area contributed by atoms with Crippen LogP contribution in [0.1, 0.15) is 284 Å². The number of rotatable bonds is 62. The average molecular weight is 1160 g/mol. The molecule has 0 aromatic rings. The molecule has 0 saturated carbocycles. The van der Waals surface area contributed by atoms with Crippen LogP contribution in [0, 0.1) is 0 Å². The van der Waals surface area contributed by atoms with E-state index in [4.69, 9.17) is 18.9 Å². The van der Waals surface area contributed by atoms with Gasteiger partial charge in [-0.1, -0.05) is 277 Å². The molecule has 0 aliphatic rings. The summed E-state index contributed by atoms with van der Waals surface area (Å²) >= 11 is 0. The monoisotopic (exact) mass is 1160 g/mol. The molecule has 2 atom stereocenters. The first kappa shape index (κ1) is 79.0. The number of carbonyl (C=O) groups is 3. The number of aliphatic carboxylic acids is 1. The maximum atomic E-state index is 12.9. The van der Waals surface area contributed by atoms with Gasteiger partial charge < -0.3 is 33.3 Å². The number of carboxylic acid groups (broad SMARTS) is 1. The van der Waals surface area contributed by atoms with E-state index < -0.39 is 24.3 Å². The lowest BCUT2D eigenvalue weighted by molar-refractivity contribution is -0.870. The Labute approximate surface area is 511 Å². The summed E-state index contributed by atoms with van der Waals surface area (Å²) in [4.78, 5) is 37.5. The molecule has 0 aliphatic heterocycles. The largest absolute Gasteiger partial charge is 0.545 e. The molecule has 9 heteroatoms. The van der Waals surface area contributed by atoms with Gasteiger partial charge in [0.2, 0.25) is 0 Å². The van der Waals surface area contributed by atoms with Crippen LogP contribution in [0.3, 0.4) is 0 Å². The number of esters is 2. The maximum Gasteiger partial charge on any atom is 0.306 e. The Balaban J connectivity index is 4.15. The van der Waals surface area contributed by atoms with Crippen molar-refractivity contribution in [2.24, 2.45) is 0 Å². The van der Waals surface area contributed by atoms with Crippen LogP contribution in [0.15, 0.2) is 109 Å². The van der Waals surface area contributed by atoms with E-state index in [0.29, 0.717) is 17.4 Å². The summed E-state index contributed by atoms with van der Waals surface area (Å²) in [6.45, 7) is 4.64. The average Bonchev–Trinajstić information content (AvgIpc) is 3.46. The van der Waals surface area contributed by atoms with Crippen molar-refractivity contribution in [3.8, 4) is 0 Å². The number of hydrogen-bond donors (Lipinski definition) is 0. The Bertz CT molecular complexity index is 1730. The molecule has 9 nitrogen and oxygen atoms in total. The summed E-state index contributed by atoms with van der Waals surface area (Å²) in [6, 6.07) is 0. The minimum absolute atomic E-state index is 0.144. The Hall–Kier alpha value is -4.05. The summed E-state index contributed by atoms with van der Waals surface area (Å²) in [6.07, 6.45) is 85.8. The fraction of sp³-hybridized carbons (Fsp3) is 0.716. The molecule has 0 aromatic carbocycles. The Morgan fingerprint density at radius 1 is 0.373 bits per heavy atom. The number of quaternary nitrogens is 1. The highest BCUT2D eigenvalue weighted by Gasteiger charge is 2.22. The summed E-state index contributed by atoms with van der Waals surface area (Å²) < 4.78 is 22.8. The van der Waals surface area contributed by atoms with E-state index >= 15 is 0 Å². The van der Waals surface area contributed by atoms with Crippen LogP contribution < -0.4 is 5.11 Å². The van der Waals surface area contributed by atoms with E-state index in [1.807, 2.05) is 21.1 Å². The second-order valence-electron chi connectivity index (χ2n) is 23.7. The minimum atomic E-state index is -1.63. The number of carbonyl (C=O) groups excluding carboxylic acids is 3. The van der Waals surface area contributed by atoms with Gasteiger partial charge in [-0.05, 0) is 103 Å². The van der Waals surface area contributed by atoms with Crippen molar-refractivity contribution in [1.82, 2.24) is 0 Å². The molecule has 0 radical (unpaired) electrons. The fourth-order valence-corrected chi connectivity index (χ4v) is 9.31. The third-order valence-electron chi connectivity index (χ3n) is 14.5. The van der Waals surface area contributed by atoms with Gasteiger partial charge in [0.25, 0.3) is 0 Å². The molecule has 83 heavy (non-hydrogen) atoms. The van der Waals surface area contributed by atoms with E-state index in [9.17, 15) is 19.5 Å². The first-order valence-electron chi connectivity index (χ1n) is 34.0. The molecule has 0 aromatic heterocycles. The van der Waals surface area contributed by atoms with Crippen LogP contribution in [0.2, 0.25) is 0 Å². The van der Waals surface area contributed by atoms with Gasteiger partial charge in [-0.3, -0.25) is 9.59 Å². The lowest BCUT2D eigenvalue weighted by Crippen LogP contribution is -2.44. The van der Waals surface area contributed by atoms with Gasteiger partial charge in [0.05, 0.1) is 40.3 Å². The van der Waals surface area contributed by atoms with Crippen LogP contribution in [-0.4, -0.2) is 82.3 Å². The normalized spacial score (nSPS) is 13.4. The van der Waals surface area contributed by atoms with E-state index in [-0.39, 0.29) is 38.6 Å². The summed E-state index contributed by atoms with van der Waals surface area (Å²) in [5.74, 6) is -2.28. The molecule has 0 heterocycles. The van der Waals surface area contributed by atoms with Crippen LogP contribution in [0.25, 0.3) is 0 Å². The van der Waals surface area contributed by atoms with E-state index in [0.717, 1.165) is 89.9 Å². The molecule has 0 fully saturated rings. The van der Waals surface area contributed by atoms with Crippen LogP contribution in [0.4, 0.5) is 0 Å². The quantitative estimate of drug-likeness (QED) is 0.0195. The fourth-order valence-electron chi connectivity index (χ4n) is 9.31. The van der Waals surface area contributed by atoms with Crippen molar-refractivity contribution >= 4 is 17.9 Å². The molecule has 2 unspecified atom stereocenters. The van der Waals surface area contributed by atoms with Crippen molar-refractivity contribution in [2.45, 2.75) is 296 Å². The van der Waals surface area contributed by atoms with Crippen molar-refractivity contribution in [2.75, 3.05) is 47.5 Å². The smallest absolute Gasteiger partial charge is 0.306 e. The third kappa shape index (κ3) is 65.3. The third-order valence-corrected chi connectivity index (χ3v) is 14.5. The standard InChI is InChI=1S/C74H127NO8/c1-6-8-10-12-14-16-18-20-22-24-26-28-30-31-32-33-34-35-36-37-38-39-40-41-43-45-47-49-51-53-55-57-59-61-63-65-72(77)83-70(69-82-74(73(78)79)80-67-66-75(3,4)5)68-81-71(76)64-62-60-58-56-54-52-50-48-46-44-42-29-27-25-23-21-19-17-15-13-11-9-7-2/h8,10,14,16,19-22,25-28,31-32,34-35,37-38,70,74H,6-7,9,11-13,15,17-18,23-24,29-30,33,36,39-69H2,1-5H3/b10-8-,16-14-,21-19-,22-20-,27-25-,28-26-,32-31-,35-34-,38-37-. The van der Waals surface area contributed by atoms with Crippen molar-refractivity contribution in [1.29, 1.82) is 0 Å². The minimum Gasteiger partial charge on any atom is -0.545 e. The number of allylic oxidation sites excluding steroid dienone is 18. The second kappa shape index (κ2) is 64.0. The van der Waals surface area contributed by atoms with E-state index in [2.05, 4.69) is 123 Å². The van der Waals surface area contributed by atoms with Gasteiger partial charge >= 0.3 is 11.9 Å². The summed E-state index contributed by atoms with van der Waals surface area (Å²) in [5, 5.41) is 11.8. The zero-order valence-electron chi connectivity index (χ0n) is 54.3. The molecule has 0 bridgehead atoms. The van der Waals surface area contributed by atoms with Gasteiger partial charge in [0.15, 0.2) is 12.4 Å². The lowest BCUT2D eigenvalue weighted by Gasteiger charge is -2.26. The summed E-state index contributed by atoms with van der Waals surface area (Å²) in [7, 11) is 5.93. The number of hydrogen-bond acceptors (Lipinski definition) is 8. The molecule has 0 aliphatic carbocycles. The highest BCUT2D eigenvalue weighted by atomic mass is 16.7. The highest BCUT2D eigenvalue weighted by Crippen LogP contribution is 2.17. The van der Waals surface area contributed by atoms with Crippen LogP contribution in [0.5, 0.6) is 0 Å². The van der Waals surface area contributed by atoms with Gasteiger partial charge in [0, 0.05) is 12.8 Å². The molecule has 0 N–H and O–H groups in total.